The van der Waals surface area contributed by atoms with E-state index >= 15 is 0 Å². The molecule has 0 N–H and O–H groups in total. The topological polar surface area (TPSA) is 51.6 Å². The molecule has 0 fully saturated rings. The summed E-state index contributed by atoms with van der Waals surface area (Å²) in [6, 6.07) is 63.3. The Balaban J connectivity index is 0.947. The Labute approximate surface area is 355 Å². The molecule has 10 aromatic rings. The van der Waals surface area contributed by atoms with Crippen LogP contribution in [0.15, 0.2) is 192 Å². The zero-order valence-electron chi connectivity index (χ0n) is 31.7. The van der Waals surface area contributed by atoms with Crippen molar-refractivity contribution in [1.82, 2.24) is 19.9 Å². The second kappa shape index (κ2) is 15.3. The van der Waals surface area contributed by atoms with Crippen LogP contribution in [0, 0.1) is 0 Å². The van der Waals surface area contributed by atoms with E-state index in [0.717, 1.165) is 73.6 Å². The fourth-order valence-electron chi connectivity index (χ4n) is 7.83. The molecule has 0 aliphatic carbocycles. The first-order valence-corrected chi connectivity index (χ1v) is 22.3. The Morgan fingerprint density at radius 1 is 0.407 bits per heavy atom. The van der Waals surface area contributed by atoms with Crippen molar-refractivity contribution in [1.29, 1.82) is 0 Å². The molecule has 59 heavy (non-hydrogen) atoms. The van der Waals surface area contributed by atoms with Crippen molar-refractivity contribution < 1.29 is 0 Å². The van der Waals surface area contributed by atoms with Crippen LogP contribution < -0.4 is 0 Å². The predicted molar refractivity (Wildman–Crippen MR) is 248 cm³/mol. The number of rotatable bonds is 8. The summed E-state index contributed by atoms with van der Waals surface area (Å²) in [5.74, 6) is 2.76. The summed E-state index contributed by atoms with van der Waals surface area (Å²) < 4.78 is 2.73. The Morgan fingerprint density at radius 2 is 0.847 bits per heavy atom. The van der Waals surface area contributed by atoms with E-state index in [1.54, 1.807) is 0 Å². The second-order valence-electron chi connectivity index (χ2n) is 14.6. The summed E-state index contributed by atoms with van der Waals surface area (Å²) in [6.45, 7) is 0. The van der Waals surface area contributed by atoms with E-state index in [1.807, 2.05) is 58.7 Å². The SMILES string of the molecule is c1ccc(-c2cc(-c3ccccc3)nc(-c3cccc(-c4csc5c6c(sc45)C(c4cccc(-c5nc(-c7ccccc7)cc(-c7ccccc7)n5)c4)CS6)c3)n2)cc1. The molecule has 0 radical (unpaired) electrons. The van der Waals surface area contributed by atoms with Gasteiger partial charge < -0.3 is 0 Å². The molecule has 0 bridgehead atoms. The molecular weight excluding hydrogens is 777 g/mol. The molecule has 1 atom stereocenters. The standard InChI is InChI=1S/C52H34N4S3/c1-5-15-33(16-6-1)43-29-44(34-17-7-2-8-18-34)54-51(53-43)39-25-13-23-37(27-39)41-31-57-49-47(41)59-48-42(32-58-50(48)49)38-24-14-26-40(28-38)52-55-45(35-19-9-3-10-20-35)30-46(56-52)36-21-11-4-12-22-36/h1-31,42H,32H2. The van der Waals surface area contributed by atoms with E-state index in [1.165, 1.54) is 35.9 Å². The normalized spacial score (nSPS) is 13.5. The van der Waals surface area contributed by atoms with Crippen LogP contribution in [0.5, 0.6) is 0 Å². The van der Waals surface area contributed by atoms with Crippen molar-refractivity contribution in [2.24, 2.45) is 0 Å². The highest BCUT2D eigenvalue weighted by atomic mass is 32.2. The minimum Gasteiger partial charge on any atom is -0.228 e. The van der Waals surface area contributed by atoms with Crippen LogP contribution in [0.4, 0.5) is 0 Å². The number of thiophene rings is 2. The van der Waals surface area contributed by atoms with Crippen LogP contribution in [-0.2, 0) is 0 Å². The highest BCUT2D eigenvalue weighted by Gasteiger charge is 2.31. The van der Waals surface area contributed by atoms with Gasteiger partial charge in [-0.15, -0.1) is 34.4 Å². The highest BCUT2D eigenvalue weighted by molar-refractivity contribution is 8.00. The minimum atomic E-state index is 0.287. The molecular formula is C52H34N4S3. The van der Waals surface area contributed by atoms with Crippen LogP contribution in [0.2, 0.25) is 0 Å². The molecule has 5 heterocycles. The van der Waals surface area contributed by atoms with Gasteiger partial charge in [-0.25, -0.2) is 19.9 Å². The van der Waals surface area contributed by atoms with Gasteiger partial charge in [-0.2, -0.15) is 0 Å². The van der Waals surface area contributed by atoms with Crippen molar-refractivity contribution in [3.8, 4) is 78.9 Å². The molecule has 0 amide bonds. The molecule has 1 aliphatic heterocycles. The maximum Gasteiger partial charge on any atom is 0.160 e. The van der Waals surface area contributed by atoms with Gasteiger partial charge in [-0.05, 0) is 35.4 Å². The quantitative estimate of drug-likeness (QED) is 0.153. The van der Waals surface area contributed by atoms with Crippen LogP contribution in [-0.4, -0.2) is 25.7 Å². The first-order chi connectivity index (χ1) is 29.2. The monoisotopic (exact) mass is 810 g/mol. The van der Waals surface area contributed by atoms with E-state index in [0.29, 0.717) is 0 Å². The maximum atomic E-state index is 5.13. The van der Waals surface area contributed by atoms with Crippen LogP contribution in [0.25, 0.3) is 88.3 Å². The lowest BCUT2D eigenvalue weighted by Crippen LogP contribution is -2.00. The zero-order chi connectivity index (χ0) is 39.1. The molecule has 0 spiro atoms. The van der Waals surface area contributed by atoms with Crippen LogP contribution in [0.3, 0.4) is 0 Å². The third kappa shape index (κ3) is 6.87. The van der Waals surface area contributed by atoms with E-state index in [-0.39, 0.29) is 5.92 Å². The van der Waals surface area contributed by atoms with Crippen molar-refractivity contribution in [3.63, 3.8) is 0 Å². The van der Waals surface area contributed by atoms with Gasteiger partial charge in [0, 0.05) is 65.8 Å². The number of hydrogen-bond donors (Lipinski definition) is 0. The van der Waals surface area contributed by atoms with Crippen LogP contribution >= 0.6 is 34.4 Å². The van der Waals surface area contributed by atoms with E-state index in [4.69, 9.17) is 19.9 Å². The highest BCUT2D eigenvalue weighted by Crippen LogP contribution is 2.55. The molecule has 0 saturated carbocycles. The van der Waals surface area contributed by atoms with Crippen molar-refractivity contribution in [2.45, 2.75) is 10.8 Å². The summed E-state index contributed by atoms with van der Waals surface area (Å²) in [5, 5.41) is 2.33. The average Bonchev–Trinajstić information content (AvgIpc) is 4.03. The van der Waals surface area contributed by atoms with E-state index in [9.17, 15) is 0 Å². The first-order valence-electron chi connectivity index (χ1n) is 19.6. The third-order valence-corrected chi connectivity index (χ3v) is 14.7. The van der Waals surface area contributed by atoms with Crippen LogP contribution in [0.1, 0.15) is 16.4 Å². The molecule has 4 nitrogen and oxygen atoms in total. The third-order valence-electron chi connectivity index (χ3n) is 10.8. The number of thioether (sulfide) groups is 1. The summed E-state index contributed by atoms with van der Waals surface area (Å²) >= 11 is 5.79. The van der Waals surface area contributed by atoms with Gasteiger partial charge in [0.1, 0.15) is 0 Å². The fourth-order valence-corrected chi connectivity index (χ4v) is 12.4. The van der Waals surface area contributed by atoms with Crippen molar-refractivity contribution in [2.75, 3.05) is 5.75 Å². The molecule has 7 heteroatoms. The average molecular weight is 811 g/mol. The number of aromatic nitrogens is 4. The lowest BCUT2D eigenvalue weighted by atomic mass is 9.97. The summed E-state index contributed by atoms with van der Waals surface area (Å²) in [5.41, 5.74) is 13.7. The van der Waals surface area contributed by atoms with Gasteiger partial charge in [0.25, 0.3) is 0 Å². The van der Waals surface area contributed by atoms with Gasteiger partial charge >= 0.3 is 0 Å². The molecule has 1 aliphatic rings. The number of fused-ring (bicyclic) bond motifs is 3. The van der Waals surface area contributed by atoms with E-state index in [2.05, 4.69) is 163 Å². The molecule has 11 rings (SSSR count). The number of benzene rings is 6. The Morgan fingerprint density at radius 3 is 1.36 bits per heavy atom. The molecule has 4 aromatic heterocycles. The van der Waals surface area contributed by atoms with Gasteiger partial charge in [0.2, 0.25) is 0 Å². The van der Waals surface area contributed by atoms with Gasteiger partial charge in [-0.3, -0.25) is 0 Å². The number of nitrogens with zero attached hydrogens (tertiary/aromatic N) is 4. The molecule has 6 aromatic carbocycles. The summed E-state index contributed by atoms with van der Waals surface area (Å²) in [7, 11) is 0. The second-order valence-corrected chi connectivity index (χ2v) is 17.5. The first kappa shape index (κ1) is 35.6. The van der Waals surface area contributed by atoms with E-state index < -0.39 is 0 Å². The Bertz CT molecular complexity index is 2990. The Kier molecular flexibility index (Phi) is 9.27. The molecule has 1 unspecified atom stereocenters. The minimum absolute atomic E-state index is 0.287. The predicted octanol–water partition coefficient (Wildman–Crippen LogP) is 14.4. The lowest BCUT2D eigenvalue weighted by Gasteiger charge is -2.13. The molecule has 0 saturated heterocycles. The largest absolute Gasteiger partial charge is 0.228 e. The summed E-state index contributed by atoms with van der Waals surface area (Å²) in [4.78, 5) is 23.4. The smallest absolute Gasteiger partial charge is 0.160 e. The zero-order valence-corrected chi connectivity index (χ0v) is 34.1. The van der Waals surface area contributed by atoms with Crippen molar-refractivity contribution in [3.05, 3.63) is 198 Å². The van der Waals surface area contributed by atoms with Crippen molar-refractivity contribution >= 4 is 43.8 Å². The van der Waals surface area contributed by atoms with Gasteiger partial charge in [-0.1, -0.05) is 158 Å². The number of hydrogen-bond acceptors (Lipinski definition) is 7. The maximum absolute atomic E-state index is 5.13. The van der Waals surface area contributed by atoms with Gasteiger partial charge in [0.15, 0.2) is 11.6 Å². The van der Waals surface area contributed by atoms with Gasteiger partial charge in [0.05, 0.1) is 32.2 Å². The summed E-state index contributed by atoms with van der Waals surface area (Å²) in [6.07, 6.45) is 0. The lowest BCUT2D eigenvalue weighted by molar-refractivity contribution is 0.969. The molecule has 280 valence electrons. The fraction of sp³-hybridized carbons (Fsp3) is 0.0385. The Hall–Kier alpha value is -6.51.